The molecule has 0 amide bonds. The van der Waals surface area contributed by atoms with Crippen molar-refractivity contribution >= 4 is 26.7 Å². The van der Waals surface area contributed by atoms with E-state index in [0.717, 1.165) is 0 Å². The number of nitrogens with one attached hydrogen (secondary N) is 1. The first-order valence-corrected chi connectivity index (χ1v) is 4.98. The van der Waals surface area contributed by atoms with Gasteiger partial charge in [-0.1, -0.05) is 0 Å². The van der Waals surface area contributed by atoms with Crippen LogP contribution in [0, 0.1) is 5.82 Å². The lowest BCUT2D eigenvalue weighted by Crippen LogP contribution is -2.08. The molecule has 15 heavy (non-hydrogen) atoms. The van der Waals surface area contributed by atoms with Crippen LogP contribution in [0.1, 0.15) is 0 Å². The van der Waals surface area contributed by atoms with Crippen molar-refractivity contribution < 1.29 is 9.13 Å². The van der Waals surface area contributed by atoms with Crippen molar-refractivity contribution in [3.05, 3.63) is 39.0 Å². The van der Waals surface area contributed by atoms with Gasteiger partial charge in [-0.15, -0.1) is 0 Å². The molecular weight excluding hydrogens is 265 g/mol. The van der Waals surface area contributed by atoms with Gasteiger partial charge in [0.1, 0.15) is 5.75 Å². The van der Waals surface area contributed by atoms with Gasteiger partial charge in [-0.3, -0.25) is 4.79 Å². The fourth-order valence-corrected chi connectivity index (χ4v) is 1.76. The maximum atomic E-state index is 13.7. The summed E-state index contributed by atoms with van der Waals surface area (Å²) in [5.74, 6) is -0.136. The molecule has 0 aliphatic rings. The van der Waals surface area contributed by atoms with Crippen LogP contribution in [-0.4, -0.2) is 12.1 Å². The minimum absolute atomic E-state index is 0.00345. The first-order chi connectivity index (χ1) is 7.15. The Bertz CT molecular complexity index is 579. The lowest BCUT2D eigenvalue weighted by atomic mass is 10.1. The van der Waals surface area contributed by atoms with E-state index in [-0.39, 0.29) is 9.86 Å². The van der Waals surface area contributed by atoms with Crippen LogP contribution in [0.3, 0.4) is 0 Å². The number of pyridine rings is 1. The lowest BCUT2D eigenvalue weighted by Gasteiger charge is -2.05. The summed E-state index contributed by atoms with van der Waals surface area (Å²) in [5, 5.41) is 0.464. The maximum Gasteiger partial charge on any atom is 0.259 e. The standard InChI is InChI=1S/C10H7BrFNO2/c1-15-7-4-13-10(14)8-5(7)2-3-6(11)9(8)12/h2-4H,1H3,(H,13,14). The summed E-state index contributed by atoms with van der Waals surface area (Å²) in [5.41, 5.74) is -0.468. The molecule has 2 rings (SSSR count). The number of hydrogen-bond acceptors (Lipinski definition) is 2. The van der Waals surface area contributed by atoms with E-state index >= 15 is 0 Å². The number of benzene rings is 1. The van der Waals surface area contributed by atoms with Gasteiger partial charge in [0.15, 0.2) is 5.82 Å². The van der Waals surface area contributed by atoms with Gasteiger partial charge in [0.2, 0.25) is 0 Å². The van der Waals surface area contributed by atoms with Gasteiger partial charge in [-0.05, 0) is 28.1 Å². The van der Waals surface area contributed by atoms with E-state index in [9.17, 15) is 9.18 Å². The van der Waals surface area contributed by atoms with Crippen molar-refractivity contribution in [1.29, 1.82) is 0 Å². The number of H-pyrrole nitrogens is 1. The molecule has 0 bridgehead atoms. The van der Waals surface area contributed by atoms with Crippen LogP contribution in [-0.2, 0) is 0 Å². The molecule has 0 unspecified atom stereocenters. The Morgan fingerprint density at radius 2 is 2.20 bits per heavy atom. The average molecular weight is 272 g/mol. The Hall–Kier alpha value is -1.36. The minimum atomic E-state index is -0.576. The number of aromatic nitrogens is 1. The highest BCUT2D eigenvalue weighted by Crippen LogP contribution is 2.27. The molecule has 0 atom stereocenters. The summed E-state index contributed by atoms with van der Waals surface area (Å²) in [4.78, 5) is 13.9. The molecule has 0 aliphatic heterocycles. The quantitative estimate of drug-likeness (QED) is 0.866. The zero-order chi connectivity index (χ0) is 11.0. The van der Waals surface area contributed by atoms with E-state index in [2.05, 4.69) is 20.9 Å². The van der Waals surface area contributed by atoms with Gasteiger partial charge in [0.05, 0.1) is 17.0 Å². The smallest absolute Gasteiger partial charge is 0.259 e. The van der Waals surface area contributed by atoms with Crippen molar-refractivity contribution in [2.75, 3.05) is 7.11 Å². The maximum absolute atomic E-state index is 13.7. The Labute approximate surface area is 93.0 Å². The van der Waals surface area contributed by atoms with Crippen LogP contribution in [0.25, 0.3) is 10.8 Å². The topological polar surface area (TPSA) is 42.1 Å². The van der Waals surface area contributed by atoms with E-state index in [1.165, 1.54) is 13.3 Å². The number of rotatable bonds is 1. The third-order valence-corrected chi connectivity index (χ3v) is 2.75. The fraction of sp³-hybridized carbons (Fsp3) is 0.100. The number of halogens is 2. The number of ether oxygens (including phenoxy) is 1. The molecule has 78 valence electrons. The molecule has 0 fully saturated rings. The van der Waals surface area contributed by atoms with Gasteiger partial charge in [0, 0.05) is 11.6 Å². The largest absolute Gasteiger partial charge is 0.495 e. The Kier molecular flexibility index (Phi) is 2.48. The first-order valence-electron chi connectivity index (χ1n) is 4.18. The highest BCUT2D eigenvalue weighted by molar-refractivity contribution is 9.10. The summed E-state index contributed by atoms with van der Waals surface area (Å²) in [6.45, 7) is 0. The van der Waals surface area contributed by atoms with E-state index in [1.807, 2.05) is 0 Å². The van der Waals surface area contributed by atoms with E-state index in [1.54, 1.807) is 12.1 Å². The average Bonchev–Trinajstić information content (AvgIpc) is 2.24. The van der Waals surface area contributed by atoms with Crippen LogP contribution < -0.4 is 10.3 Å². The van der Waals surface area contributed by atoms with Crippen molar-refractivity contribution in [1.82, 2.24) is 4.98 Å². The summed E-state index contributed by atoms with van der Waals surface area (Å²) in [6, 6.07) is 3.18. The molecular formula is C10H7BrFNO2. The van der Waals surface area contributed by atoms with Crippen LogP contribution in [0.15, 0.2) is 27.6 Å². The van der Waals surface area contributed by atoms with Crippen molar-refractivity contribution in [2.24, 2.45) is 0 Å². The summed E-state index contributed by atoms with van der Waals surface area (Å²) < 4.78 is 18.9. The van der Waals surface area contributed by atoms with Crippen LogP contribution in [0.5, 0.6) is 5.75 Å². The van der Waals surface area contributed by atoms with E-state index in [0.29, 0.717) is 11.1 Å². The van der Waals surface area contributed by atoms with Gasteiger partial charge >= 0.3 is 0 Å². The van der Waals surface area contributed by atoms with E-state index < -0.39 is 11.4 Å². The molecule has 1 heterocycles. The fourth-order valence-electron chi connectivity index (χ4n) is 1.43. The molecule has 0 saturated heterocycles. The second-order valence-electron chi connectivity index (χ2n) is 2.97. The molecule has 5 heteroatoms. The highest BCUT2D eigenvalue weighted by atomic mass is 79.9. The second-order valence-corrected chi connectivity index (χ2v) is 3.82. The Morgan fingerprint density at radius 1 is 1.47 bits per heavy atom. The molecule has 1 N–H and O–H groups in total. The van der Waals surface area contributed by atoms with Crippen LogP contribution in [0.2, 0.25) is 0 Å². The molecule has 2 aromatic rings. The summed E-state index contributed by atoms with van der Waals surface area (Å²) in [6.07, 6.45) is 1.41. The van der Waals surface area contributed by atoms with Gasteiger partial charge in [0.25, 0.3) is 5.56 Å². The second kappa shape index (κ2) is 3.66. The minimum Gasteiger partial charge on any atom is -0.495 e. The monoisotopic (exact) mass is 271 g/mol. The predicted octanol–water partition coefficient (Wildman–Crippen LogP) is 2.44. The Morgan fingerprint density at radius 3 is 2.87 bits per heavy atom. The van der Waals surface area contributed by atoms with Crippen LogP contribution in [0.4, 0.5) is 4.39 Å². The van der Waals surface area contributed by atoms with Crippen LogP contribution >= 0.6 is 15.9 Å². The molecule has 3 nitrogen and oxygen atoms in total. The third-order valence-electron chi connectivity index (χ3n) is 2.14. The van der Waals surface area contributed by atoms with Crippen molar-refractivity contribution in [2.45, 2.75) is 0 Å². The van der Waals surface area contributed by atoms with Crippen molar-refractivity contribution in [3.63, 3.8) is 0 Å². The van der Waals surface area contributed by atoms with Gasteiger partial charge in [-0.25, -0.2) is 4.39 Å². The SMILES string of the molecule is COc1c[nH]c(=O)c2c(F)c(Br)ccc12. The molecule has 0 radical (unpaired) electrons. The zero-order valence-electron chi connectivity index (χ0n) is 7.80. The van der Waals surface area contributed by atoms with E-state index in [4.69, 9.17) is 4.74 Å². The highest BCUT2D eigenvalue weighted by Gasteiger charge is 2.12. The third kappa shape index (κ3) is 1.52. The molecule has 0 aliphatic carbocycles. The predicted molar refractivity (Wildman–Crippen MR) is 58.8 cm³/mol. The molecule has 0 saturated carbocycles. The summed E-state index contributed by atoms with van der Waals surface area (Å²) >= 11 is 3.03. The number of hydrogen-bond donors (Lipinski definition) is 1. The lowest BCUT2D eigenvalue weighted by molar-refractivity contribution is 0.417. The molecule has 1 aromatic carbocycles. The number of fused-ring (bicyclic) bond motifs is 1. The Balaban J connectivity index is 3.00. The first kappa shape index (κ1) is 10.2. The van der Waals surface area contributed by atoms with Gasteiger partial charge in [-0.2, -0.15) is 0 Å². The summed E-state index contributed by atoms with van der Waals surface area (Å²) in [7, 11) is 1.47. The number of methoxy groups -OCH3 is 1. The van der Waals surface area contributed by atoms with Gasteiger partial charge < -0.3 is 9.72 Å². The molecule has 0 spiro atoms. The molecule has 1 aromatic heterocycles. The normalized spacial score (nSPS) is 10.6. The zero-order valence-corrected chi connectivity index (χ0v) is 9.39. The number of aromatic amines is 1. The van der Waals surface area contributed by atoms with Crippen molar-refractivity contribution in [3.8, 4) is 5.75 Å².